The summed E-state index contributed by atoms with van der Waals surface area (Å²) in [4.78, 5) is 36.8. The largest absolute Gasteiger partial charge is 0.495 e. The molecule has 1 amide bonds. The molecular weight excluding hydrogens is 466 g/mol. The Kier molecular flexibility index (Phi) is 3.99. The molecule has 170 valence electrons. The maximum Gasteiger partial charge on any atom is 0.278 e. The van der Waals surface area contributed by atoms with E-state index in [0.29, 0.717) is 33.2 Å². The predicted octanol–water partition coefficient (Wildman–Crippen LogP) is 3.12. The van der Waals surface area contributed by atoms with E-state index in [1.165, 1.54) is 0 Å². The first-order chi connectivity index (χ1) is 17.1. The van der Waals surface area contributed by atoms with Crippen LogP contribution in [-0.2, 0) is 10.5 Å². The number of nitrogens with zero attached hydrogens (tertiary/aromatic N) is 5. The van der Waals surface area contributed by atoms with E-state index >= 15 is 0 Å². The number of benzene rings is 3. The average molecular weight is 482 g/mol. The van der Waals surface area contributed by atoms with Crippen LogP contribution in [0.2, 0.25) is 5.02 Å². The second-order valence-corrected chi connectivity index (χ2v) is 8.67. The summed E-state index contributed by atoms with van der Waals surface area (Å²) in [7, 11) is 1.56. The van der Waals surface area contributed by atoms with Crippen molar-refractivity contribution >= 4 is 51.7 Å². The van der Waals surface area contributed by atoms with Crippen LogP contribution >= 0.6 is 11.6 Å². The number of H-pyrrole nitrogens is 1. The third-order valence-electron chi connectivity index (χ3n) is 6.32. The molecule has 35 heavy (non-hydrogen) atoms. The highest BCUT2D eigenvalue weighted by Gasteiger charge is 2.60. The highest BCUT2D eigenvalue weighted by atomic mass is 35.5. The third-order valence-corrected chi connectivity index (χ3v) is 6.55. The van der Waals surface area contributed by atoms with Gasteiger partial charge in [0.05, 0.1) is 12.8 Å². The van der Waals surface area contributed by atoms with Crippen molar-refractivity contribution in [2.75, 3.05) is 17.3 Å². The Bertz CT molecular complexity index is 1770. The minimum Gasteiger partial charge on any atom is -0.495 e. The summed E-state index contributed by atoms with van der Waals surface area (Å²) in [6, 6.07) is 20.5. The van der Waals surface area contributed by atoms with Crippen LogP contribution in [0.25, 0.3) is 10.9 Å². The highest BCUT2D eigenvalue weighted by Crippen LogP contribution is 2.51. The van der Waals surface area contributed by atoms with Crippen LogP contribution in [0.1, 0.15) is 5.56 Å². The molecule has 0 radical (unpaired) electrons. The van der Waals surface area contributed by atoms with Crippen molar-refractivity contribution in [1.29, 1.82) is 0 Å². The first kappa shape index (κ1) is 19.9. The lowest BCUT2D eigenvalue weighted by Crippen LogP contribution is -2.61. The van der Waals surface area contributed by atoms with Crippen molar-refractivity contribution in [3.05, 3.63) is 88.2 Å². The molecule has 1 aromatic heterocycles. The molecule has 4 aromatic rings. The number of fused-ring (bicyclic) bond motifs is 5. The molecule has 1 spiro atoms. The lowest BCUT2D eigenvalue weighted by atomic mass is 9.95. The molecule has 1 atom stereocenters. The Morgan fingerprint density at radius 2 is 1.89 bits per heavy atom. The number of guanidine groups is 2. The summed E-state index contributed by atoms with van der Waals surface area (Å²) in [5.41, 5.74) is 2.21. The third kappa shape index (κ3) is 2.66. The number of carbonyl (C=O) groups is 1. The molecule has 3 aliphatic rings. The maximum atomic E-state index is 13.3. The molecule has 0 saturated carbocycles. The number of para-hydroxylation sites is 2. The fourth-order valence-electron chi connectivity index (χ4n) is 4.77. The molecule has 3 aliphatic heterocycles. The van der Waals surface area contributed by atoms with Crippen molar-refractivity contribution in [1.82, 2.24) is 4.98 Å². The van der Waals surface area contributed by atoms with Gasteiger partial charge in [0.2, 0.25) is 11.6 Å². The number of aromatic amines is 1. The number of hydrogen-bond acceptors (Lipinski definition) is 5. The number of nitrogens with one attached hydrogen (secondary N) is 2. The van der Waals surface area contributed by atoms with Gasteiger partial charge in [0.25, 0.3) is 11.9 Å². The second kappa shape index (κ2) is 7.00. The minimum absolute atomic E-state index is 0.239. The number of ether oxygens (including phenoxy) is 1. The van der Waals surface area contributed by atoms with Crippen LogP contribution in [0.4, 0.5) is 11.4 Å². The minimum atomic E-state index is -1.34. The van der Waals surface area contributed by atoms with E-state index < -0.39 is 5.66 Å². The van der Waals surface area contributed by atoms with Crippen molar-refractivity contribution in [3.8, 4) is 5.75 Å². The average Bonchev–Trinajstić information content (AvgIpc) is 3.48. The zero-order chi connectivity index (χ0) is 23.7. The monoisotopic (exact) mass is 481 g/mol. The number of aliphatic imine (C=N–C) groups is 2. The summed E-state index contributed by atoms with van der Waals surface area (Å²) in [5, 5.41) is 5.09. The Labute approximate surface area is 203 Å². The molecule has 9 nitrogen and oxygen atoms in total. The summed E-state index contributed by atoms with van der Waals surface area (Å²) in [5.74, 6) is 0.744. The SMILES string of the molecule is COc1ccc(Cl)cc1N1C(/N=C2\N=c3[nH]c4ccccc4c3=N2)=NC12C(=O)Nc1ccccc12. The number of rotatable bonds is 2. The quantitative estimate of drug-likeness (QED) is 0.459. The van der Waals surface area contributed by atoms with Gasteiger partial charge in [-0.3, -0.25) is 9.69 Å². The van der Waals surface area contributed by atoms with Gasteiger partial charge in [-0.25, -0.2) is 9.98 Å². The van der Waals surface area contributed by atoms with Crippen LogP contribution in [0.3, 0.4) is 0 Å². The van der Waals surface area contributed by atoms with E-state index in [2.05, 4.69) is 25.3 Å². The molecule has 0 saturated heterocycles. The molecule has 2 N–H and O–H groups in total. The molecule has 0 bridgehead atoms. The fourth-order valence-corrected chi connectivity index (χ4v) is 4.94. The molecule has 0 aliphatic carbocycles. The number of halogens is 1. The number of carbonyl (C=O) groups excluding carboxylic acids is 1. The molecule has 1 unspecified atom stereocenters. The van der Waals surface area contributed by atoms with Gasteiger partial charge in [0.1, 0.15) is 11.1 Å². The van der Waals surface area contributed by atoms with E-state index in [1.807, 2.05) is 48.5 Å². The molecular formula is C25H16ClN7O2. The Morgan fingerprint density at radius 3 is 2.77 bits per heavy atom. The Morgan fingerprint density at radius 1 is 1.06 bits per heavy atom. The van der Waals surface area contributed by atoms with E-state index in [9.17, 15) is 4.79 Å². The van der Waals surface area contributed by atoms with Gasteiger partial charge in [-0.05, 0) is 30.3 Å². The van der Waals surface area contributed by atoms with Crippen LogP contribution in [-0.4, -0.2) is 29.9 Å². The van der Waals surface area contributed by atoms with Crippen molar-refractivity contribution < 1.29 is 9.53 Å². The zero-order valence-electron chi connectivity index (χ0n) is 18.3. The number of amides is 1. The predicted molar refractivity (Wildman–Crippen MR) is 133 cm³/mol. The number of methoxy groups -OCH3 is 1. The lowest BCUT2D eigenvalue weighted by Gasteiger charge is -2.44. The summed E-state index contributed by atoms with van der Waals surface area (Å²) < 4.78 is 5.60. The topological polar surface area (TPSA) is 107 Å². The molecule has 3 aromatic carbocycles. The van der Waals surface area contributed by atoms with Crippen molar-refractivity contribution in [2.45, 2.75) is 5.66 Å². The standard InChI is InChI=1S/C25H16ClN7O2/c1-35-19-11-10-13(26)12-18(19)33-24(32-25(33)15-7-3-5-9-17(15)28-22(25)34)31-23-29-20-14-6-2-4-8-16(14)27-21(20)30-23/h2-12H,1H3,(H,28,34)(H,27,29,30,31,32). The summed E-state index contributed by atoms with van der Waals surface area (Å²) in [6.45, 7) is 0. The van der Waals surface area contributed by atoms with Crippen molar-refractivity contribution in [3.63, 3.8) is 0 Å². The fraction of sp³-hybridized carbons (Fsp3) is 0.0800. The van der Waals surface area contributed by atoms with Crippen LogP contribution in [0.15, 0.2) is 86.7 Å². The van der Waals surface area contributed by atoms with Gasteiger partial charge in [0, 0.05) is 27.2 Å². The van der Waals surface area contributed by atoms with Crippen molar-refractivity contribution in [2.24, 2.45) is 20.0 Å². The first-order valence-electron chi connectivity index (χ1n) is 10.9. The van der Waals surface area contributed by atoms with Gasteiger partial charge in [-0.1, -0.05) is 48.0 Å². The van der Waals surface area contributed by atoms with E-state index in [0.717, 1.165) is 16.3 Å². The molecule has 4 heterocycles. The lowest BCUT2D eigenvalue weighted by molar-refractivity contribution is -0.120. The van der Waals surface area contributed by atoms with Gasteiger partial charge < -0.3 is 15.0 Å². The normalized spacial score (nSPS) is 20.7. The van der Waals surface area contributed by atoms with Gasteiger partial charge in [0.15, 0.2) is 5.49 Å². The molecule has 7 rings (SSSR count). The first-order valence-corrected chi connectivity index (χ1v) is 11.2. The number of hydrogen-bond donors (Lipinski definition) is 2. The Hall–Kier alpha value is -4.50. The van der Waals surface area contributed by atoms with E-state index in [1.54, 1.807) is 30.2 Å². The second-order valence-electron chi connectivity index (χ2n) is 8.24. The smallest absolute Gasteiger partial charge is 0.278 e. The molecule has 10 heteroatoms. The van der Waals surface area contributed by atoms with Crippen LogP contribution in [0.5, 0.6) is 5.75 Å². The van der Waals surface area contributed by atoms with Crippen LogP contribution < -0.4 is 25.8 Å². The van der Waals surface area contributed by atoms with E-state index in [-0.39, 0.29) is 17.8 Å². The number of anilines is 2. The summed E-state index contributed by atoms with van der Waals surface area (Å²) >= 11 is 6.35. The van der Waals surface area contributed by atoms with Gasteiger partial charge in [-0.2, -0.15) is 9.98 Å². The zero-order valence-corrected chi connectivity index (χ0v) is 19.0. The highest BCUT2D eigenvalue weighted by molar-refractivity contribution is 6.31. The Balaban J connectivity index is 1.42. The molecule has 0 fully saturated rings. The maximum absolute atomic E-state index is 13.3. The number of aromatic nitrogens is 1. The summed E-state index contributed by atoms with van der Waals surface area (Å²) in [6.07, 6.45) is 0. The van der Waals surface area contributed by atoms with Gasteiger partial charge >= 0.3 is 0 Å². The van der Waals surface area contributed by atoms with Gasteiger partial charge in [-0.15, -0.1) is 0 Å². The van der Waals surface area contributed by atoms with Crippen LogP contribution in [0, 0.1) is 0 Å². The van der Waals surface area contributed by atoms with E-state index in [4.69, 9.17) is 21.3 Å².